The molecule has 0 spiro atoms. The summed E-state index contributed by atoms with van der Waals surface area (Å²) in [7, 11) is -2.70. The molecule has 3 aromatic rings. The van der Waals surface area contributed by atoms with E-state index in [-0.39, 0.29) is 22.4 Å². The number of aryl methyl sites for hydroxylation is 1. The van der Waals surface area contributed by atoms with Crippen LogP contribution < -0.4 is 19.1 Å². The van der Waals surface area contributed by atoms with Gasteiger partial charge in [-0.05, 0) is 63.2 Å². The van der Waals surface area contributed by atoms with Gasteiger partial charge in [-0.2, -0.15) is 0 Å². The highest BCUT2D eigenvalue weighted by molar-refractivity contribution is 7.92. The highest BCUT2D eigenvalue weighted by Crippen LogP contribution is 2.35. The van der Waals surface area contributed by atoms with Crippen molar-refractivity contribution < 1.29 is 22.7 Å². The molecule has 0 aliphatic rings. The number of anilines is 2. The predicted molar refractivity (Wildman–Crippen MR) is 135 cm³/mol. The maximum Gasteiger partial charge on any atom is 0.264 e. The fraction of sp³-hybridized carbons (Fsp3) is 0.240. The number of nitrogens with one attached hydrogen (secondary N) is 1. The molecule has 34 heavy (non-hydrogen) atoms. The van der Waals surface area contributed by atoms with E-state index >= 15 is 0 Å². The lowest BCUT2D eigenvalue weighted by molar-refractivity contribution is -0.114. The van der Waals surface area contributed by atoms with E-state index in [1.54, 1.807) is 48.5 Å². The van der Waals surface area contributed by atoms with Crippen LogP contribution in [0.15, 0.2) is 71.6 Å². The Balaban J connectivity index is 1.97. The van der Waals surface area contributed by atoms with E-state index in [2.05, 4.69) is 5.32 Å². The largest absolute Gasteiger partial charge is 0.495 e. The second-order valence-corrected chi connectivity index (χ2v) is 10.2. The lowest BCUT2D eigenvalue weighted by Gasteiger charge is -2.26. The van der Waals surface area contributed by atoms with Crippen LogP contribution in [-0.2, 0) is 14.8 Å². The normalized spacial score (nSPS) is 11.2. The van der Waals surface area contributed by atoms with Gasteiger partial charge in [0.1, 0.15) is 18.0 Å². The van der Waals surface area contributed by atoms with Gasteiger partial charge < -0.3 is 14.8 Å². The van der Waals surface area contributed by atoms with Crippen molar-refractivity contribution in [2.75, 3.05) is 23.3 Å². The second-order valence-electron chi connectivity index (χ2n) is 7.88. The van der Waals surface area contributed by atoms with Gasteiger partial charge in [-0.1, -0.05) is 35.4 Å². The number of sulfonamides is 1. The standard InChI is InChI=1S/C25H27ClN2O5S/c1-17(2)33-21-7-5-6-20(15-21)27-25(29)16-28(23-14-19(26)10-13-24(23)32-4)34(30,31)22-11-8-18(3)9-12-22/h5-15,17H,16H2,1-4H3,(H,27,29). The molecule has 7 nitrogen and oxygen atoms in total. The first-order valence-corrected chi connectivity index (χ1v) is 12.4. The third kappa shape index (κ3) is 6.21. The molecule has 180 valence electrons. The van der Waals surface area contributed by atoms with Crippen LogP contribution in [0.3, 0.4) is 0 Å². The van der Waals surface area contributed by atoms with Crippen LogP contribution >= 0.6 is 11.6 Å². The molecular formula is C25H27ClN2O5S. The van der Waals surface area contributed by atoms with Crippen molar-refractivity contribution in [1.82, 2.24) is 0 Å². The zero-order valence-corrected chi connectivity index (χ0v) is 21.0. The van der Waals surface area contributed by atoms with Crippen LogP contribution in [-0.4, -0.2) is 34.1 Å². The Labute approximate surface area is 205 Å². The quantitative estimate of drug-likeness (QED) is 0.430. The van der Waals surface area contributed by atoms with E-state index < -0.39 is 22.5 Å². The molecule has 0 saturated heterocycles. The maximum absolute atomic E-state index is 13.6. The fourth-order valence-corrected chi connectivity index (χ4v) is 4.84. The molecule has 0 saturated carbocycles. The Morgan fingerprint density at radius 3 is 2.41 bits per heavy atom. The monoisotopic (exact) mass is 502 g/mol. The average molecular weight is 503 g/mol. The van der Waals surface area contributed by atoms with E-state index in [1.807, 2.05) is 20.8 Å². The van der Waals surface area contributed by atoms with Gasteiger partial charge in [0.2, 0.25) is 5.91 Å². The van der Waals surface area contributed by atoms with Gasteiger partial charge in [0.05, 0.1) is 23.8 Å². The number of amides is 1. The molecule has 0 fully saturated rings. The molecule has 0 radical (unpaired) electrons. The first kappa shape index (κ1) is 25.4. The summed E-state index contributed by atoms with van der Waals surface area (Å²) in [6.45, 7) is 5.16. The minimum absolute atomic E-state index is 0.0311. The number of benzene rings is 3. The molecular weight excluding hydrogens is 476 g/mol. The van der Waals surface area contributed by atoms with Gasteiger partial charge in [-0.3, -0.25) is 9.10 Å². The summed E-state index contributed by atoms with van der Waals surface area (Å²) >= 11 is 6.17. The number of carbonyl (C=O) groups is 1. The minimum Gasteiger partial charge on any atom is -0.495 e. The molecule has 1 amide bonds. The van der Waals surface area contributed by atoms with Crippen LogP contribution in [0.5, 0.6) is 11.5 Å². The SMILES string of the molecule is COc1ccc(Cl)cc1N(CC(=O)Nc1cccc(OC(C)C)c1)S(=O)(=O)c1ccc(C)cc1. The number of ether oxygens (including phenoxy) is 2. The first-order valence-electron chi connectivity index (χ1n) is 10.6. The van der Waals surface area contributed by atoms with Crippen LogP contribution in [0.1, 0.15) is 19.4 Å². The highest BCUT2D eigenvalue weighted by Gasteiger charge is 2.29. The summed E-state index contributed by atoms with van der Waals surface area (Å²) in [5.74, 6) is 0.313. The topological polar surface area (TPSA) is 84.9 Å². The maximum atomic E-state index is 13.6. The van der Waals surface area contributed by atoms with Crippen LogP contribution in [0.2, 0.25) is 5.02 Å². The number of methoxy groups -OCH3 is 1. The summed E-state index contributed by atoms with van der Waals surface area (Å²) in [5, 5.41) is 3.05. The number of carbonyl (C=O) groups excluding carboxylic acids is 1. The number of nitrogens with zero attached hydrogens (tertiary/aromatic N) is 1. The molecule has 0 bridgehead atoms. The Hall–Kier alpha value is -3.23. The van der Waals surface area contributed by atoms with Crippen molar-refractivity contribution >= 4 is 38.9 Å². The lowest BCUT2D eigenvalue weighted by atomic mass is 10.2. The van der Waals surface area contributed by atoms with Crippen molar-refractivity contribution in [3.8, 4) is 11.5 Å². The Morgan fingerprint density at radius 1 is 1.06 bits per heavy atom. The second kappa shape index (κ2) is 10.8. The molecule has 0 aliphatic heterocycles. The highest BCUT2D eigenvalue weighted by atomic mass is 35.5. The predicted octanol–water partition coefficient (Wildman–Crippen LogP) is 5.28. The molecule has 0 atom stereocenters. The summed E-state index contributed by atoms with van der Waals surface area (Å²) in [6, 6.07) is 17.9. The van der Waals surface area contributed by atoms with Crippen LogP contribution in [0.25, 0.3) is 0 Å². The number of halogens is 1. The van der Waals surface area contributed by atoms with E-state index in [0.717, 1.165) is 9.87 Å². The summed E-state index contributed by atoms with van der Waals surface area (Å²) in [5.41, 5.74) is 1.54. The van der Waals surface area contributed by atoms with Crippen LogP contribution in [0.4, 0.5) is 11.4 Å². The molecule has 0 aliphatic carbocycles. The first-order chi connectivity index (χ1) is 16.1. The fourth-order valence-electron chi connectivity index (χ4n) is 3.25. The molecule has 0 aromatic heterocycles. The third-order valence-corrected chi connectivity index (χ3v) is 6.80. The van der Waals surface area contributed by atoms with Crippen LogP contribution in [0, 0.1) is 6.92 Å². The number of hydrogen-bond donors (Lipinski definition) is 1. The van der Waals surface area contributed by atoms with Gasteiger partial charge in [0.25, 0.3) is 10.0 Å². The molecule has 0 unspecified atom stereocenters. The third-order valence-electron chi connectivity index (χ3n) is 4.80. The van der Waals surface area contributed by atoms with Gasteiger partial charge in [-0.25, -0.2) is 8.42 Å². The van der Waals surface area contributed by atoms with E-state index in [0.29, 0.717) is 16.5 Å². The number of hydrogen-bond acceptors (Lipinski definition) is 5. The Bertz CT molecular complexity index is 1260. The van der Waals surface area contributed by atoms with Gasteiger partial charge in [0, 0.05) is 16.8 Å². The smallest absolute Gasteiger partial charge is 0.264 e. The van der Waals surface area contributed by atoms with Crippen molar-refractivity contribution in [3.05, 3.63) is 77.3 Å². The Morgan fingerprint density at radius 2 is 1.76 bits per heavy atom. The molecule has 3 rings (SSSR count). The summed E-state index contributed by atoms with van der Waals surface area (Å²) in [4.78, 5) is 13.1. The molecule has 1 N–H and O–H groups in total. The molecule has 9 heteroatoms. The van der Waals surface area contributed by atoms with Crippen molar-refractivity contribution in [2.45, 2.75) is 31.8 Å². The zero-order valence-electron chi connectivity index (χ0n) is 19.4. The van der Waals surface area contributed by atoms with Crippen molar-refractivity contribution in [1.29, 1.82) is 0 Å². The van der Waals surface area contributed by atoms with Crippen molar-refractivity contribution in [2.24, 2.45) is 0 Å². The summed E-state index contributed by atoms with van der Waals surface area (Å²) in [6.07, 6.45) is -0.0311. The molecule has 3 aromatic carbocycles. The van der Waals surface area contributed by atoms with Gasteiger partial charge in [-0.15, -0.1) is 0 Å². The van der Waals surface area contributed by atoms with E-state index in [4.69, 9.17) is 21.1 Å². The minimum atomic E-state index is -4.12. The summed E-state index contributed by atoms with van der Waals surface area (Å²) < 4.78 is 39.3. The molecule has 0 heterocycles. The van der Waals surface area contributed by atoms with Gasteiger partial charge >= 0.3 is 0 Å². The van der Waals surface area contributed by atoms with E-state index in [1.165, 1.54) is 25.3 Å². The van der Waals surface area contributed by atoms with Crippen molar-refractivity contribution in [3.63, 3.8) is 0 Å². The van der Waals surface area contributed by atoms with E-state index in [9.17, 15) is 13.2 Å². The average Bonchev–Trinajstić information content (AvgIpc) is 2.77. The number of rotatable bonds is 9. The van der Waals surface area contributed by atoms with Gasteiger partial charge in [0.15, 0.2) is 0 Å². The lowest BCUT2D eigenvalue weighted by Crippen LogP contribution is -2.38. The Kier molecular flexibility index (Phi) is 8.06. The zero-order chi connectivity index (χ0) is 24.9.